The van der Waals surface area contributed by atoms with Crippen LogP contribution in [-0.4, -0.2) is 0 Å². The van der Waals surface area contributed by atoms with Gasteiger partial charge in [-0.1, -0.05) is 32.8 Å². The van der Waals surface area contributed by atoms with Gasteiger partial charge in [0, 0.05) is 0 Å². The van der Waals surface area contributed by atoms with Gasteiger partial charge < -0.3 is 0 Å². The molecule has 0 aromatic heterocycles. The van der Waals surface area contributed by atoms with Crippen molar-refractivity contribution in [3.05, 3.63) is 12.7 Å². The number of fused-ring (bicyclic) bond motifs is 2. The molecule has 2 bridgehead atoms. The first-order valence-corrected chi connectivity index (χ1v) is 5.94. The highest BCUT2D eigenvalue weighted by atomic mass is 14.5. The Morgan fingerprint density at radius 1 is 1.15 bits per heavy atom. The lowest BCUT2D eigenvalue weighted by molar-refractivity contribution is 0.176. The summed E-state index contributed by atoms with van der Waals surface area (Å²) in [5, 5.41) is 0. The van der Waals surface area contributed by atoms with E-state index >= 15 is 0 Å². The van der Waals surface area contributed by atoms with Crippen LogP contribution in [0, 0.1) is 29.6 Å². The summed E-state index contributed by atoms with van der Waals surface area (Å²) in [7, 11) is 0. The zero-order valence-electron chi connectivity index (χ0n) is 9.00. The monoisotopic (exact) mass is 178 g/mol. The van der Waals surface area contributed by atoms with Gasteiger partial charge in [0.1, 0.15) is 0 Å². The van der Waals surface area contributed by atoms with Crippen LogP contribution in [0.5, 0.6) is 0 Å². The van der Waals surface area contributed by atoms with E-state index < -0.39 is 0 Å². The summed E-state index contributed by atoms with van der Waals surface area (Å²) in [4.78, 5) is 0. The summed E-state index contributed by atoms with van der Waals surface area (Å²) < 4.78 is 0. The quantitative estimate of drug-likeness (QED) is 0.575. The maximum atomic E-state index is 3.98. The Bertz CT molecular complexity index is 194. The minimum absolute atomic E-state index is 0.859. The third-order valence-electron chi connectivity index (χ3n) is 4.65. The summed E-state index contributed by atoms with van der Waals surface area (Å²) in [6, 6.07) is 0. The smallest absolute Gasteiger partial charge is 0.0202 e. The van der Waals surface area contributed by atoms with E-state index in [1.807, 2.05) is 0 Å². The van der Waals surface area contributed by atoms with Crippen LogP contribution >= 0.6 is 0 Å². The average Bonchev–Trinajstić information content (AvgIpc) is 2.72. The van der Waals surface area contributed by atoms with Crippen LogP contribution in [0.15, 0.2) is 12.7 Å². The third-order valence-corrected chi connectivity index (χ3v) is 4.65. The van der Waals surface area contributed by atoms with Gasteiger partial charge in [-0.25, -0.2) is 0 Å². The second-order valence-corrected chi connectivity index (χ2v) is 4.94. The fourth-order valence-corrected chi connectivity index (χ4v) is 4.17. The maximum absolute atomic E-state index is 3.98. The molecule has 2 aliphatic rings. The van der Waals surface area contributed by atoms with E-state index in [2.05, 4.69) is 26.5 Å². The minimum Gasteiger partial charge on any atom is -0.103 e. The van der Waals surface area contributed by atoms with Crippen molar-refractivity contribution in [1.29, 1.82) is 0 Å². The number of allylic oxidation sites excluding steroid dienone is 1. The van der Waals surface area contributed by atoms with E-state index in [0.29, 0.717) is 0 Å². The van der Waals surface area contributed by atoms with Crippen molar-refractivity contribution in [2.45, 2.75) is 39.5 Å². The molecule has 0 aromatic carbocycles. The zero-order chi connectivity index (χ0) is 9.42. The van der Waals surface area contributed by atoms with Gasteiger partial charge in [-0.15, -0.1) is 6.58 Å². The van der Waals surface area contributed by atoms with Gasteiger partial charge in [-0.3, -0.25) is 0 Å². The lowest BCUT2D eigenvalue weighted by atomic mass is 9.72. The van der Waals surface area contributed by atoms with E-state index in [-0.39, 0.29) is 0 Å². The molecular formula is C13H22. The van der Waals surface area contributed by atoms with E-state index in [9.17, 15) is 0 Å². The molecule has 5 unspecified atom stereocenters. The molecule has 0 saturated heterocycles. The molecule has 5 atom stereocenters. The molecule has 2 fully saturated rings. The molecule has 2 aliphatic carbocycles. The molecular weight excluding hydrogens is 156 g/mol. The Morgan fingerprint density at radius 2 is 1.85 bits per heavy atom. The standard InChI is InChI=1S/C13H22/c1-4-9-7-10-8-13(9)12(6-3)11(10)5-2/h4,9-13H,1,5-8H2,2-3H3. The van der Waals surface area contributed by atoms with Crippen molar-refractivity contribution in [3.63, 3.8) is 0 Å². The summed E-state index contributed by atoms with van der Waals surface area (Å²) in [6.45, 7) is 8.72. The Hall–Kier alpha value is -0.260. The molecule has 0 aromatic rings. The van der Waals surface area contributed by atoms with Gasteiger partial charge in [0.05, 0.1) is 0 Å². The zero-order valence-corrected chi connectivity index (χ0v) is 9.00. The van der Waals surface area contributed by atoms with Crippen LogP contribution < -0.4 is 0 Å². The lowest BCUT2D eigenvalue weighted by Gasteiger charge is -2.33. The fraction of sp³-hybridized carbons (Fsp3) is 0.846. The first kappa shape index (κ1) is 9.30. The molecule has 0 spiro atoms. The van der Waals surface area contributed by atoms with Gasteiger partial charge in [0.15, 0.2) is 0 Å². The van der Waals surface area contributed by atoms with Crippen LogP contribution in [0.25, 0.3) is 0 Å². The molecule has 2 rings (SSSR count). The fourth-order valence-electron chi connectivity index (χ4n) is 4.17. The highest BCUT2D eigenvalue weighted by Gasteiger charge is 2.49. The van der Waals surface area contributed by atoms with E-state index in [1.165, 1.54) is 25.7 Å². The van der Waals surface area contributed by atoms with Crippen LogP contribution in [0.4, 0.5) is 0 Å². The van der Waals surface area contributed by atoms with Gasteiger partial charge in [0.25, 0.3) is 0 Å². The summed E-state index contributed by atoms with van der Waals surface area (Å²) in [6.07, 6.45) is 7.98. The van der Waals surface area contributed by atoms with Crippen LogP contribution in [0.2, 0.25) is 0 Å². The normalized spacial score (nSPS) is 48.3. The molecule has 13 heavy (non-hydrogen) atoms. The third kappa shape index (κ3) is 1.26. The summed E-state index contributed by atoms with van der Waals surface area (Å²) >= 11 is 0. The van der Waals surface area contributed by atoms with Crippen molar-refractivity contribution in [3.8, 4) is 0 Å². The largest absolute Gasteiger partial charge is 0.103 e. The Labute approximate surface area is 82.4 Å². The highest BCUT2D eigenvalue weighted by Crippen LogP contribution is 2.57. The molecule has 0 heterocycles. The van der Waals surface area contributed by atoms with Crippen LogP contribution in [-0.2, 0) is 0 Å². The van der Waals surface area contributed by atoms with Gasteiger partial charge >= 0.3 is 0 Å². The molecule has 0 N–H and O–H groups in total. The Balaban J connectivity index is 2.13. The minimum atomic E-state index is 0.859. The number of rotatable bonds is 3. The van der Waals surface area contributed by atoms with Crippen molar-refractivity contribution >= 4 is 0 Å². The lowest BCUT2D eigenvalue weighted by Crippen LogP contribution is -2.26. The Morgan fingerprint density at radius 3 is 2.38 bits per heavy atom. The van der Waals surface area contributed by atoms with Gasteiger partial charge in [-0.2, -0.15) is 0 Å². The van der Waals surface area contributed by atoms with Crippen molar-refractivity contribution in [2.24, 2.45) is 29.6 Å². The molecule has 0 amide bonds. The van der Waals surface area contributed by atoms with Gasteiger partial charge in [-0.05, 0) is 42.4 Å². The molecule has 0 aliphatic heterocycles. The molecule has 0 radical (unpaired) electrons. The topological polar surface area (TPSA) is 0 Å². The van der Waals surface area contributed by atoms with E-state index in [1.54, 1.807) is 0 Å². The molecule has 0 nitrogen and oxygen atoms in total. The summed E-state index contributed by atoms with van der Waals surface area (Å²) in [5.41, 5.74) is 0. The Kier molecular flexibility index (Phi) is 2.49. The second kappa shape index (κ2) is 3.48. The maximum Gasteiger partial charge on any atom is -0.0202 e. The molecule has 2 saturated carbocycles. The summed E-state index contributed by atoms with van der Waals surface area (Å²) in [5.74, 6) is 4.97. The first-order chi connectivity index (χ1) is 6.31. The SMILES string of the molecule is C=CC1CC2CC1C(CC)C2CC. The van der Waals surface area contributed by atoms with Crippen molar-refractivity contribution < 1.29 is 0 Å². The van der Waals surface area contributed by atoms with Crippen molar-refractivity contribution in [1.82, 2.24) is 0 Å². The molecule has 0 heteroatoms. The average molecular weight is 178 g/mol. The molecule has 74 valence electrons. The second-order valence-electron chi connectivity index (χ2n) is 4.94. The number of hydrogen-bond acceptors (Lipinski definition) is 0. The van der Waals surface area contributed by atoms with E-state index in [4.69, 9.17) is 0 Å². The predicted octanol–water partition coefficient (Wildman–Crippen LogP) is 3.88. The number of hydrogen-bond donors (Lipinski definition) is 0. The van der Waals surface area contributed by atoms with Crippen molar-refractivity contribution in [2.75, 3.05) is 0 Å². The van der Waals surface area contributed by atoms with E-state index in [0.717, 1.165) is 29.6 Å². The highest BCUT2D eigenvalue weighted by molar-refractivity contribution is 5.04. The predicted molar refractivity (Wildman–Crippen MR) is 57.5 cm³/mol. The van der Waals surface area contributed by atoms with Gasteiger partial charge in [0.2, 0.25) is 0 Å². The van der Waals surface area contributed by atoms with Crippen LogP contribution in [0.3, 0.4) is 0 Å². The first-order valence-electron chi connectivity index (χ1n) is 5.94. The van der Waals surface area contributed by atoms with Crippen LogP contribution in [0.1, 0.15) is 39.5 Å².